The number of hydrogen-bond acceptors (Lipinski definition) is 5. The zero-order valence-corrected chi connectivity index (χ0v) is 23.5. The van der Waals surface area contributed by atoms with Crippen LogP contribution in [-0.2, 0) is 24.8 Å². The lowest BCUT2D eigenvalue weighted by Gasteiger charge is -2.30. The van der Waals surface area contributed by atoms with Gasteiger partial charge in [-0.25, -0.2) is 16.8 Å². The number of aryl methyl sites for hydroxylation is 2. The first-order valence-corrected chi connectivity index (χ1v) is 15.4. The number of nitrogens with zero attached hydrogens (tertiary/aromatic N) is 3. The second kappa shape index (κ2) is 12.3. The summed E-state index contributed by atoms with van der Waals surface area (Å²) >= 11 is 0. The molecule has 1 heterocycles. The zero-order chi connectivity index (χ0) is 27.2. The number of amides is 1. The summed E-state index contributed by atoms with van der Waals surface area (Å²) in [5.74, 6) is -0.0395. The molecule has 1 aliphatic heterocycles. The van der Waals surface area contributed by atoms with Gasteiger partial charge in [-0.2, -0.15) is 8.61 Å². The number of hydrogen-bond donors (Lipinski definition) is 0. The minimum Gasteiger partial charge on any atom is -0.343 e. The van der Waals surface area contributed by atoms with Crippen LogP contribution >= 0.6 is 0 Å². The SMILES string of the molecule is C=C1CN(S(=O)(=O)c2ccc(C)cc2)CCCN(C(=O)CC)CCCN(S(=O)(=O)c2ccc(C)cc2)C1. The van der Waals surface area contributed by atoms with E-state index in [0.717, 1.165) is 11.1 Å². The third kappa shape index (κ3) is 7.28. The van der Waals surface area contributed by atoms with Gasteiger partial charge in [0.25, 0.3) is 0 Å². The maximum Gasteiger partial charge on any atom is 0.243 e. The van der Waals surface area contributed by atoms with E-state index in [4.69, 9.17) is 0 Å². The van der Waals surface area contributed by atoms with Gasteiger partial charge in [0.2, 0.25) is 26.0 Å². The van der Waals surface area contributed by atoms with E-state index in [-0.39, 0.29) is 41.9 Å². The highest BCUT2D eigenvalue weighted by molar-refractivity contribution is 7.89. The van der Waals surface area contributed by atoms with Crippen LogP contribution in [0.4, 0.5) is 0 Å². The number of carbonyl (C=O) groups is 1. The highest BCUT2D eigenvalue weighted by Crippen LogP contribution is 2.22. The molecule has 1 aliphatic rings. The largest absolute Gasteiger partial charge is 0.343 e. The maximum atomic E-state index is 13.5. The van der Waals surface area contributed by atoms with Crippen molar-refractivity contribution in [1.82, 2.24) is 13.5 Å². The Balaban J connectivity index is 1.94. The first-order chi connectivity index (χ1) is 17.4. The molecular formula is C27H37N3O5S2. The third-order valence-corrected chi connectivity index (χ3v) is 10.2. The predicted molar refractivity (Wildman–Crippen MR) is 145 cm³/mol. The van der Waals surface area contributed by atoms with Gasteiger partial charge in [0, 0.05) is 45.7 Å². The highest BCUT2D eigenvalue weighted by atomic mass is 32.2. The fourth-order valence-electron chi connectivity index (χ4n) is 4.30. The molecule has 0 aromatic heterocycles. The molecule has 2 aromatic rings. The lowest BCUT2D eigenvalue weighted by Crippen LogP contribution is -2.42. The minimum atomic E-state index is -3.85. The third-order valence-electron chi connectivity index (χ3n) is 6.44. The Kier molecular flexibility index (Phi) is 9.68. The molecule has 1 fully saturated rings. The molecule has 0 radical (unpaired) electrons. The molecule has 0 bridgehead atoms. The van der Waals surface area contributed by atoms with Gasteiger partial charge in [0.05, 0.1) is 9.79 Å². The average Bonchev–Trinajstić information content (AvgIpc) is 2.85. The van der Waals surface area contributed by atoms with Gasteiger partial charge in [-0.05, 0) is 56.5 Å². The Morgan fingerprint density at radius 1 is 0.730 bits per heavy atom. The smallest absolute Gasteiger partial charge is 0.243 e. The average molecular weight is 548 g/mol. The Morgan fingerprint density at radius 2 is 1.11 bits per heavy atom. The van der Waals surface area contributed by atoms with Gasteiger partial charge < -0.3 is 4.90 Å². The summed E-state index contributed by atoms with van der Waals surface area (Å²) in [5, 5.41) is 0. The summed E-state index contributed by atoms with van der Waals surface area (Å²) in [5.41, 5.74) is 2.37. The normalized spacial score (nSPS) is 17.7. The van der Waals surface area contributed by atoms with E-state index < -0.39 is 20.0 Å². The lowest BCUT2D eigenvalue weighted by atomic mass is 10.2. The van der Waals surface area contributed by atoms with Gasteiger partial charge in [-0.3, -0.25) is 4.79 Å². The first kappa shape index (κ1) is 29.0. The van der Waals surface area contributed by atoms with Crippen molar-refractivity contribution in [3.8, 4) is 0 Å². The maximum absolute atomic E-state index is 13.5. The van der Waals surface area contributed by atoms with Crippen molar-refractivity contribution in [2.45, 2.75) is 49.8 Å². The van der Waals surface area contributed by atoms with Crippen LogP contribution in [0.5, 0.6) is 0 Å². The molecule has 37 heavy (non-hydrogen) atoms. The van der Waals surface area contributed by atoms with Crippen LogP contribution in [0.2, 0.25) is 0 Å². The fraction of sp³-hybridized carbons (Fsp3) is 0.444. The summed E-state index contributed by atoms with van der Waals surface area (Å²) in [4.78, 5) is 14.6. The Morgan fingerprint density at radius 3 is 1.46 bits per heavy atom. The Hall–Kier alpha value is -2.53. The van der Waals surface area contributed by atoms with Crippen LogP contribution in [0.15, 0.2) is 70.5 Å². The summed E-state index contributed by atoms with van der Waals surface area (Å²) in [6, 6.07) is 13.3. The first-order valence-electron chi connectivity index (χ1n) is 12.5. The van der Waals surface area contributed by atoms with Crippen molar-refractivity contribution in [3.05, 3.63) is 71.8 Å². The zero-order valence-electron chi connectivity index (χ0n) is 21.9. The summed E-state index contributed by atoms with van der Waals surface area (Å²) < 4.78 is 56.8. The monoisotopic (exact) mass is 547 g/mol. The van der Waals surface area contributed by atoms with E-state index in [1.807, 2.05) is 13.8 Å². The highest BCUT2D eigenvalue weighted by Gasteiger charge is 2.29. The molecular weight excluding hydrogens is 510 g/mol. The van der Waals surface area contributed by atoms with E-state index in [1.165, 1.54) is 8.61 Å². The molecule has 0 aliphatic carbocycles. The lowest BCUT2D eigenvalue weighted by molar-refractivity contribution is -0.131. The number of sulfonamides is 2. The van der Waals surface area contributed by atoms with Crippen LogP contribution in [0.25, 0.3) is 0 Å². The van der Waals surface area contributed by atoms with Crippen LogP contribution in [0.1, 0.15) is 37.3 Å². The number of benzene rings is 2. The van der Waals surface area contributed by atoms with Crippen LogP contribution in [-0.4, -0.2) is 75.5 Å². The summed E-state index contributed by atoms with van der Waals surface area (Å²) in [7, 11) is -7.70. The molecule has 10 heteroatoms. The van der Waals surface area contributed by atoms with E-state index in [2.05, 4.69) is 6.58 Å². The Bertz CT molecular complexity index is 1210. The molecule has 1 saturated heterocycles. The second-order valence-electron chi connectivity index (χ2n) is 9.49. The van der Waals surface area contributed by atoms with Gasteiger partial charge in [0.1, 0.15) is 0 Å². The molecule has 8 nitrogen and oxygen atoms in total. The quantitative estimate of drug-likeness (QED) is 0.534. The summed E-state index contributed by atoms with van der Waals surface area (Å²) in [6.07, 6.45) is 1.26. The Labute approximate surface area is 221 Å². The number of carbonyl (C=O) groups excluding carboxylic acids is 1. The molecule has 1 amide bonds. The van der Waals surface area contributed by atoms with Crippen molar-refractivity contribution >= 4 is 26.0 Å². The number of rotatable bonds is 5. The molecule has 202 valence electrons. The fourth-order valence-corrected chi connectivity index (χ4v) is 7.30. The molecule has 0 saturated carbocycles. The van der Waals surface area contributed by atoms with Crippen LogP contribution < -0.4 is 0 Å². The van der Waals surface area contributed by atoms with Crippen molar-refractivity contribution < 1.29 is 21.6 Å². The minimum absolute atomic E-state index is 0.0160. The molecule has 2 aromatic carbocycles. The molecule has 0 N–H and O–H groups in total. The van der Waals surface area contributed by atoms with Crippen LogP contribution in [0, 0.1) is 13.8 Å². The van der Waals surface area contributed by atoms with Crippen molar-refractivity contribution in [2.75, 3.05) is 39.3 Å². The van der Waals surface area contributed by atoms with Crippen molar-refractivity contribution in [2.24, 2.45) is 0 Å². The molecule has 0 atom stereocenters. The summed E-state index contributed by atoms with van der Waals surface area (Å²) in [6.45, 7) is 10.7. The van der Waals surface area contributed by atoms with Gasteiger partial charge in [-0.15, -0.1) is 0 Å². The standard InChI is InChI=1S/C27H37N3O5S2/c1-5-27(31)28-16-6-18-29(36(32,33)25-12-8-22(2)9-13-25)20-24(4)21-30(19-7-17-28)37(34,35)26-14-10-23(3)11-15-26/h8-15H,4-7,16-21H2,1-3H3. The molecule has 0 spiro atoms. The van der Waals surface area contributed by atoms with Gasteiger partial charge >= 0.3 is 0 Å². The van der Waals surface area contributed by atoms with Crippen molar-refractivity contribution in [1.29, 1.82) is 0 Å². The second-order valence-corrected chi connectivity index (χ2v) is 13.4. The van der Waals surface area contributed by atoms with E-state index in [9.17, 15) is 21.6 Å². The van der Waals surface area contributed by atoms with E-state index in [1.54, 1.807) is 60.4 Å². The predicted octanol–water partition coefficient (Wildman–Crippen LogP) is 3.57. The molecule has 3 rings (SSSR count). The van der Waals surface area contributed by atoms with Gasteiger partial charge in [0.15, 0.2) is 0 Å². The topological polar surface area (TPSA) is 95.1 Å². The van der Waals surface area contributed by atoms with E-state index >= 15 is 0 Å². The van der Waals surface area contributed by atoms with E-state index in [0.29, 0.717) is 37.9 Å². The van der Waals surface area contributed by atoms with Crippen molar-refractivity contribution in [3.63, 3.8) is 0 Å². The molecule has 0 unspecified atom stereocenters. The van der Waals surface area contributed by atoms with Crippen LogP contribution in [0.3, 0.4) is 0 Å². The van der Waals surface area contributed by atoms with Gasteiger partial charge in [-0.1, -0.05) is 48.9 Å².